The first kappa shape index (κ1) is 14.2. The summed E-state index contributed by atoms with van der Waals surface area (Å²) in [6, 6.07) is 4.94. The number of nitrogens with one attached hydrogen (secondary N) is 2. The van der Waals surface area contributed by atoms with Crippen LogP contribution in [-0.2, 0) is 0 Å². The number of ether oxygens (including phenoxy) is 2. The van der Waals surface area contributed by atoms with Crippen LogP contribution in [0.3, 0.4) is 0 Å². The number of hydrogen-bond acceptors (Lipinski definition) is 3. The molecule has 0 atom stereocenters. The second-order valence-corrected chi connectivity index (χ2v) is 4.90. The highest BCUT2D eigenvalue weighted by Crippen LogP contribution is 2.28. The Hall–Kier alpha value is -1.91. The van der Waals surface area contributed by atoms with E-state index in [1.807, 2.05) is 20.8 Å². The highest BCUT2D eigenvalue weighted by Gasteiger charge is 2.15. The maximum absolute atomic E-state index is 11.8. The van der Waals surface area contributed by atoms with E-state index in [-0.39, 0.29) is 11.6 Å². The highest BCUT2D eigenvalue weighted by atomic mass is 16.5. The van der Waals surface area contributed by atoms with Crippen LogP contribution < -0.4 is 20.1 Å². The van der Waals surface area contributed by atoms with Crippen LogP contribution in [0.4, 0.5) is 10.5 Å². The van der Waals surface area contributed by atoms with Gasteiger partial charge in [-0.1, -0.05) is 0 Å². The predicted molar refractivity (Wildman–Crippen MR) is 71.5 cm³/mol. The normalized spacial score (nSPS) is 10.7. The monoisotopic (exact) mass is 252 g/mol. The number of anilines is 1. The number of methoxy groups -OCH3 is 2. The Kier molecular flexibility index (Phi) is 4.42. The lowest BCUT2D eigenvalue weighted by molar-refractivity contribution is 0.243. The number of carbonyl (C=O) groups excluding carboxylic acids is 1. The fraction of sp³-hybridized carbons (Fsp3) is 0.462. The van der Waals surface area contributed by atoms with Crippen LogP contribution in [0.5, 0.6) is 11.5 Å². The van der Waals surface area contributed by atoms with Crippen molar-refractivity contribution in [1.82, 2.24) is 5.32 Å². The van der Waals surface area contributed by atoms with Gasteiger partial charge in [-0.2, -0.15) is 0 Å². The zero-order valence-corrected chi connectivity index (χ0v) is 11.5. The molecule has 5 nitrogen and oxygen atoms in total. The van der Waals surface area contributed by atoms with Crippen molar-refractivity contribution in [3.05, 3.63) is 18.2 Å². The highest BCUT2D eigenvalue weighted by molar-refractivity contribution is 5.91. The molecule has 0 saturated carbocycles. The van der Waals surface area contributed by atoms with Crippen molar-refractivity contribution in [2.45, 2.75) is 26.3 Å². The molecule has 2 amide bonds. The second kappa shape index (κ2) is 5.62. The van der Waals surface area contributed by atoms with E-state index < -0.39 is 0 Å². The molecule has 0 aliphatic carbocycles. The van der Waals surface area contributed by atoms with Gasteiger partial charge in [-0.05, 0) is 32.9 Å². The molecule has 0 aliphatic heterocycles. The summed E-state index contributed by atoms with van der Waals surface area (Å²) in [5.74, 6) is 1.24. The Morgan fingerprint density at radius 3 is 2.33 bits per heavy atom. The number of benzene rings is 1. The van der Waals surface area contributed by atoms with Crippen LogP contribution in [0.1, 0.15) is 20.8 Å². The van der Waals surface area contributed by atoms with Gasteiger partial charge in [-0.25, -0.2) is 4.79 Å². The van der Waals surface area contributed by atoms with E-state index in [1.54, 1.807) is 32.4 Å². The van der Waals surface area contributed by atoms with Crippen molar-refractivity contribution < 1.29 is 14.3 Å². The summed E-state index contributed by atoms with van der Waals surface area (Å²) in [5, 5.41) is 5.55. The lowest BCUT2D eigenvalue weighted by Gasteiger charge is -2.21. The second-order valence-electron chi connectivity index (χ2n) is 4.90. The Labute approximate surface area is 107 Å². The minimum absolute atomic E-state index is 0.283. The minimum Gasteiger partial charge on any atom is -0.497 e. The number of rotatable bonds is 3. The first-order valence-electron chi connectivity index (χ1n) is 5.67. The third-order valence-corrected chi connectivity index (χ3v) is 2.14. The first-order valence-corrected chi connectivity index (χ1v) is 5.67. The first-order chi connectivity index (χ1) is 8.35. The number of urea groups is 1. The topological polar surface area (TPSA) is 59.6 Å². The average Bonchev–Trinajstić information content (AvgIpc) is 2.26. The van der Waals surface area contributed by atoms with Gasteiger partial charge in [0.25, 0.3) is 0 Å². The zero-order chi connectivity index (χ0) is 13.8. The molecule has 100 valence electrons. The summed E-state index contributed by atoms with van der Waals surface area (Å²) in [5.41, 5.74) is 0.273. The number of carbonyl (C=O) groups is 1. The molecule has 18 heavy (non-hydrogen) atoms. The maximum Gasteiger partial charge on any atom is 0.319 e. The molecular formula is C13H20N2O3. The van der Waals surface area contributed by atoms with Crippen LogP contribution in [0.25, 0.3) is 0 Å². The molecule has 0 bridgehead atoms. The molecule has 0 saturated heterocycles. The SMILES string of the molecule is COc1ccc(OC)c(NC(=O)NC(C)(C)C)c1. The van der Waals surface area contributed by atoms with Crippen molar-refractivity contribution in [2.24, 2.45) is 0 Å². The van der Waals surface area contributed by atoms with Gasteiger partial charge < -0.3 is 20.1 Å². The van der Waals surface area contributed by atoms with Gasteiger partial charge in [0, 0.05) is 11.6 Å². The van der Waals surface area contributed by atoms with E-state index in [9.17, 15) is 4.79 Å². The molecule has 0 spiro atoms. The minimum atomic E-state index is -0.295. The van der Waals surface area contributed by atoms with Crippen LogP contribution >= 0.6 is 0 Å². The lowest BCUT2D eigenvalue weighted by Crippen LogP contribution is -2.43. The van der Waals surface area contributed by atoms with E-state index in [1.165, 1.54) is 0 Å². The fourth-order valence-corrected chi connectivity index (χ4v) is 1.41. The largest absolute Gasteiger partial charge is 0.497 e. The third-order valence-electron chi connectivity index (χ3n) is 2.14. The molecule has 1 aromatic rings. The van der Waals surface area contributed by atoms with E-state index >= 15 is 0 Å². The molecule has 2 N–H and O–H groups in total. The van der Waals surface area contributed by atoms with Crippen LogP contribution in [0.2, 0.25) is 0 Å². The molecule has 0 aliphatic rings. The van der Waals surface area contributed by atoms with Gasteiger partial charge in [0.05, 0.1) is 19.9 Å². The van der Waals surface area contributed by atoms with Crippen LogP contribution in [0.15, 0.2) is 18.2 Å². The molecule has 0 unspecified atom stereocenters. The quantitative estimate of drug-likeness (QED) is 0.869. The van der Waals surface area contributed by atoms with Crippen LogP contribution in [-0.4, -0.2) is 25.8 Å². The fourth-order valence-electron chi connectivity index (χ4n) is 1.41. The van der Waals surface area contributed by atoms with Crippen LogP contribution in [0, 0.1) is 0 Å². The maximum atomic E-state index is 11.8. The van der Waals surface area contributed by atoms with Crippen molar-refractivity contribution >= 4 is 11.7 Å². The molecule has 1 aromatic carbocycles. The lowest BCUT2D eigenvalue weighted by atomic mass is 10.1. The number of amides is 2. The van der Waals surface area contributed by atoms with Gasteiger partial charge >= 0.3 is 6.03 Å². The predicted octanol–water partition coefficient (Wildman–Crippen LogP) is 2.62. The summed E-state index contributed by atoms with van der Waals surface area (Å²) < 4.78 is 10.3. The van der Waals surface area contributed by atoms with Gasteiger partial charge in [-0.15, -0.1) is 0 Å². The van der Waals surface area contributed by atoms with Gasteiger partial charge in [0.15, 0.2) is 0 Å². The summed E-state index contributed by atoms with van der Waals surface area (Å²) in [6.07, 6.45) is 0. The standard InChI is InChI=1S/C13H20N2O3/c1-13(2,3)15-12(16)14-10-8-9(17-4)6-7-11(10)18-5/h6-8H,1-5H3,(H2,14,15,16). The summed E-state index contributed by atoms with van der Waals surface area (Å²) in [4.78, 5) is 11.8. The smallest absolute Gasteiger partial charge is 0.319 e. The van der Waals surface area contributed by atoms with Crippen molar-refractivity contribution in [2.75, 3.05) is 19.5 Å². The summed E-state index contributed by atoms with van der Waals surface area (Å²) in [7, 11) is 3.12. The van der Waals surface area contributed by atoms with Crippen molar-refractivity contribution in [3.63, 3.8) is 0 Å². The molecule has 0 fully saturated rings. The Morgan fingerprint density at radius 1 is 1.17 bits per heavy atom. The van der Waals surface area contributed by atoms with Gasteiger partial charge in [0.2, 0.25) is 0 Å². The molecule has 5 heteroatoms. The molecule has 0 heterocycles. The van der Waals surface area contributed by atoms with Crippen molar-refractivity contribution in [3.8, 4) is 11.5 Å². The van der Waals surface area contributed by atoms with E-state index in [0.717, 1.165) is 0 Å². The summed E-state index contributed by atoms with van der Waals surface area (Å²) in [6.45, 7) is 5.74. The number of hydrogen-bond donors (Lipinski definition) is 2. The third kappa shape index (κ3) is 4.16. The summed E-state index contributed by atoms with van der Waals surface area (Å²) >= 11 is 0. The van der Waals surface area contributed by atoms with E-state index in [2.05, 4.69) is 10.6 Å². The van der Waals surface area contributed by atoms with Crippen molar-refractivity contribution in [1.29, 1.82) is 0 Å². The van der Waals surface area contributed by atoms with Gasteiger partial charge in [-0.3, -0.25) is 0 Å². The molecule has 0 radical (unpaired) electrons. The molecule has 0 aromatic heterocycles. The molecular weight excluding hydrogens is 232 g/mol. The Balaban J connectivity index is 2.85. The van der Waals surface area contributed by atoms with Gasteiger partial charge in [0.1, 0.15) is 11.5 Å². The Morgan fingerprint density at radius 2 is 1.83 bits per heavy atom. The average molecular weight is 252 g/mol. The van der Waals surface area contributed by atoms with E-state index in [4.69, 9.17) is 9.47 Å². The molecule has 1 rings (SSSR count). The van der Waals surface area contributed by atoms with E-state index in [0.29, 0.717) is 17.2 Å². The Bertz CT molecular complexity index is 425. The zero-order valence-electron chi connectivity index (χ0n) is 11.5.